The van der Waals surface area contributed by atoms with E-state index in [1.807, 2.05) is 0 Å². The second-order valence-electron chi connectivity index (χ2n) is 4.61. The van der Waals surface area contributed by atoms with Gasteiger partial charge in [-0.1, -0.05) is 0 Å². The lowest BCUT2D eigenvalue weighted by Gasteiger charge is -2.22. The van der Waals surface area contributed by atoms with Crippen LogP contribution in [0.25, 0.3) is 0 Å². The van der Waals surface area contributed by atoms with Gasteiger partial charge in [0.05, 0.1) is 24.5 Å². The van der Waals surface area contributed by atoms with Crippen molar-refractivity contribution in [3.8, 4) is 0 Å². The molecule has 7 heteroatoms. The monoisotopic (exact) mass is 291 g/mol. The molecule has 2 N–H and O–H groups in total. The minimum absolute atomic E-state index is 0.104. The highest BCUT2D eigenvalue weighted by molar-refractivity contribution is 7.89. The fourth-order valence-electron chi connectivity index (χ4n) is 1.97. The van der Waals surface area contributed by atoms with Crippen molar-refractivity contribution in [3.63, 3.8) is 0 Å². The van der Waals surface area contributed by atoms with Gasteiger partial charge in [-0.2, -0.15) is 0 Å². The third-order valence-corrected chi connectivity index (χ3v) is 4.62. The van der Waals surface area contributed by atoms with E-state index < -0.39 is 23.4 Å². The van der Waals surface area contributed by atoms with Crippen LogP contribution in [-0.2, 0) is 11.4 Å². The first-order valence-electron chi connectivity index (χ1n) is 5.83. The molecular formula is C12H15F2NO3S. The Labute approximate surface area is 113 Å². The predicted molar refractivity (Wildman–Crippen MR) is 66.0 cm³/mol. The summed E-state index contributed by atoms with van der Waals surface area (Å²) in [5.41, 5.74) is -1.34. The van der Waals surface area contributed by atoms with Crippen molar-refractivity contribution in [2.75, 3.05) is 19.7 Å². The lowest BCUT2D eigenvalue weighted by molar-refractivity contribution is -0.000727. The Morgan fingerprint density at radius 2 is 2.00 bits per heavy atom. The highest BCUT2D eigenvalue weighted by Crippen LogP contribution is 2.28. The molecule has 0 amide bonds. The second-order valence-corrected chi connectivity index (χ2v) is 6.10. The molecule has 1 saturated heterocycles. The maximum atomic E-state index is 12.4. The molecule has 19 heavy (non-hydrogen) atoms. The van der Waals surface area contributed by atoms with Crippen LogP contribution in [-0.4, -0.2) is 44.4 Å². The molecule has 1 heterocycles. The van der Waals surface area contributed by atoms with Gasteiger partial charge >= 0.3 is 0 Å². The van der Waals surface area contributed by atoms with Crippen molar-refractivity contribution >= 4 is 11.4 Å². The van der Waals surface area contributed by atoms with E-state index in [1.165, 1.54) is 28.6 Å². The number of hydrogen-bond donors (Lipinski definition) is 2. The SMILES string of the molecule is [O-][S+](c1ccc(C(F)F)cc1)N1CCC(O)(CO)C1. The van der Waals surface area contributed by atoms with Crippen LogP contribution in [0.3, 0.4) is 0 Å². The van der Waals surface area contributed by atoms with E-state index >= 15 is 0 Å². The first-order chi connectivity index (χ1) is 8.95. The van der Waals surface area contributed by atoms with Gasteiger partial charge < -0.3 is 14.8 Å². The Morgan fingerprint density at radius 1 is 1.37 bits per heavy atom. The van der Waals surface area contributed by atoms with Crippen LogP contribution in [0, 0.1) is 0 Å². The van der Waals surface area contributed by atoms with E-state index in [9.17, 15) is 18.4 Å². The molecule has 4 nitrogen and oxygen atoms in total. The van der Waals surface area contributed by atoms with E-state index in [1.54, 1.807) is 0 Å². The number of alkyl halides is 2. The van der Waals surface area contributed by atoms with Gasteiger partial charge in [0, 0.05) is 12.1 Å². The lowest BCUT2D eigenvalue weighted by atomic mass is 10.1. The van der Waals surface area contributed by atoms with Crippen molar-refractivity contribution in [1.29, 1.82) is 0 Å². The van der Waals surface area contributed by atoms with E-state index in [4.69, 9.17) is 5.11 Å². The first-order valence-corrected chi connectivity index (χ1v) is 6.94. The molecule has 106 valence electrons. The molecule has 0 spiro atoms. The van der Waals surface area contributed by atoms with Crippen LogP contribution in [0.5, 0.6) is 0 Å². The number of benzene rings is 1. The number of nitrogens with zero attached hydrogens (tertiary/aromatic N) is 1. The van der Waals surface area contributed by atoms with Crippen molar-refractivity contribution in [2.45, 2.75) is 23.3 Å². The number of aliphatic hydroxyl groups is 2. The standard InChI is InChI=1S/C12H15F2NO3S/c13-11(14)9-1-3-10(4-2-9)19(18)15-6-5-12(17,7-15)8-16/h1-4,11,16-17H,5-8H2. The maximum absolute atomic E-state index is 12.4. The van der Waals surface area contributed by atoms with Gasteiger partial charge in [0.1, 0.15) is 5.60 Å². The van der Waals surface area contributed by atoms with Gasteiger partial charge in [0.15, 0.2) is 4.90 Å². The predicted octanol–water partition coefficient (Wildman–Crippen LogP) is 1.08. The Hall–Kier alpha value is -0.730. The highest BCUT2D eigenvalue weighted by Gasteiger charge is 2.41. The van der Waals surface area contributed by atoms with Crippen LogP contribution >= 0.6 is 0 Å². The second kappa shape index (κ2) is 5.72. The summed E-state index contributed by atoms with van der Waals surface area (Å²) in [7, 11) is 0. The number of hydrogen-bond acceptors (Lipinski definition) is 4. The Kier molecular flexibility index (Phi) is 4.42. The zero-order chi connectivity index (χ0) is 14.0. The van der Waals surface area contributed by atoms with Gasteiger partial charge in [-0.15, -0.1) is 4.31 Å². The van der Waals surface area contributed by atoms with Gasteiger partial charge in [-0.05, 0) is 30.7 Å². The van der Waals surface area contributed by atoms with Crippen LogP contribution in [0.2, 0.25) is 0 Å². The van der Waals surface area contributed by atoms with Crippen LogP contribution in [0.4, 0.5) is 8.78 Å². The summed E-state index contributed by atoms with van der Waals surface area (Å²) in [6, 6.07) is 5.28. The molecule has 1 aliphatic heterocycles. The van der Waals surface area contributed by atoms with Gasteiger partial charge in [-0.3, -0.25) is 0 Å². The van der Waals surface area contributed by atoms with Gasteiger partial charge in [-0.25, -0.2) is 8.78 Å². The van der Waals surface area contributed by atoms with Crippen molar-refractivity contribution < 1.29 is 23.5 Å². The van der Waals surface area contributed by atoms with Crippen LogP contribution < -0.4 is 0 Å². The molecule has 1 aromatic carbocycles. The summed E-state index contributed by atoms with van der Waals surface area (Å²) in [5, 5.41) is 18.9. The molecule has 2 unspecified atom stereocenters. The largest absolute Gasteiger partial charge is 0.593 e. The zero-order valence-corrected chi connectivity index (χ0v) is 10.9. The number of halogens is 2. The first kappa shape index (κ1) is 14.7. The summed E-state index contributed by atoms with van der Waals surface area (Å²) in [6.45, 7) is 0.109. The Balaban J connectivity index is 2.06. The molecule has 0 aromatic heterocycles. The van der Waals surface area contributed by atoms with Gasteiger partial charge in [0.25, 0.3) is 6.43 Å². The van der Waals surface area contributed by atoms with E-state index in [0.29, 0.717) is 17.9 Å². The minimum atomic E-state index is -2.55. The third kappa shape index (κ3) is 3.24. The van der Waals surface area contributed by atoms with E-state index in [0.717, 1.165) is 0 Å². The number of β-amino-alcohol motifs (C(OH)–C–C–N with tert-alkyl or cyclic N) is 1. The maximum Gasteiger partial charge on any atom is 0.263 e. The topological polar surface area (TPSA) is 66.8 Å². The summed E-state index contributed by atoms with van der Waals surface area (Å²) < 4.78 is 38.5. The average Bonchev–Trinajstić information content (AvgIpc) is 2.81. The fraction of sp³-hybridized carbons (Fsp3) is 0.500. The quantitative estimate of drug-likeness (QED) is 0.815. The number of aliphatic hydroxyl groups excluding tert-OH is 1. The lowest BCUT2D eigenvalue weighted by Crippen LogP contribution is -2.38. The number of rotatable bonds is 4. The molecule has 1 fully saturated rings. The molecule has 2 rings (SSSR count). The van der Waals surface area contributed by atoms with Crippen molar-refractivity contribution in [3.05, 3.63) is 29.8 Å². The molecule has 1 aliphatic rings. The van der Waals surface area contributed by atoms with Crippen molar-refractivity contribution in [2.24, 2.45) is 0 Å². The third-order valence-electron chi connectivity index (χ3n) is 3.16. The van der Waals surface area contributed by atoms with Crippen LogP contribution in [0.15, 0.2) is 29.2 Å². The molecular weight excluding hydrogens is 276 g/mol. The molecule has 1 aromatic rings. The van der Waals surface area contributed by atoms with E-state index in [-0.39, 0.29) is 18.7 Å². The summed E-state index contributed by atoms with van der Waals surface area (Å²) in [4.78, 5) is 0.409. The summed E-state index contributed by atoms with van der Waals surface area (Å²) in [5.74, 6) is 0. The highest BCUT2D eigenvalue weighted by atomic mass is 32.2. The molecule has 0 aliphatic carbocycles. The molecule has 2 atom stereocenters. The normalized spacial score (nSPS) is 26.0. The molecule has 0 radical (unpaired) electrons. The average molecular weight is 291 g/mol. The smallest absolute Gasteiger partial charge is 0.263 e. The zero-order valence-electron chi connectivity index (χ0n) is 10.1. The minimum Gasteiger partial charge on any atom is -0.593 e. The Morgan fingerprint density at radius 3 is 2.47 bits per heavy atom. The van der Waals surface area contributed by atoms with E-state index in [2.05, 4.69) is 0 Å². The van der Waals surface area contributed by atoms with Gasteiger partial charge in [0.2, 0.25) is 0 Å². The Bertz CT molecular complexity index is 431. The fourth-order valence-corrected chi connectivity index (χ4v) is 3.25. The molecule has 0 saturated carbocycles. The summed E-state index contributed by atoms with van der Waals surface area (Å²) in [6.07, 6.45) is -2.21. The van der Waals surface area contributed by atoms with Crippen molar-refractivity contribution in [1.82, 2.24) is 4.31 Å². The van der Waals surface area contributed by atoms with Crippen LogP contribution in [0.1, 0.15) is 18.4 Å². The molecule has 0 bridgehead atoms. The summed E-state index contributed by atoms with van der Waals surface area (Å²) >= 11 is -1.51.